The lowest BCUT2D eigenvalue weighted by atomic mass is 9.79. The maximum absolute atomic E-state index is 12.7. The van der Waals surface area contributed by atoms with Crippen molar-refractivity contribution in [1.82, 2.24) is 9.62 Å². The first-order valence-corrected chi connectivity index (χ1v) is 11.3. The Hall–Kier alpha value is -1.60. The topological polar surface area (TPSA) is 58.6 Å². The summed E-state index contributed by atoms with van der Waals surface area (Å²) in [5.41, 5.74) is 1.33. The van der Waals surface area contributed by atoms with Crippen molar-refractivity contribution in [2.24, 2.45) is 5.92 Å². The van der Waals surface area contributed by atoms with Crippen LogP contribution in [0.1, 0.15) is 37.3 Å². The van der Waals surface area contributed by atoms with Crippen LogP contribution in [0.4, 0.5) is 0 Å². The number of nitrogens with one attached hydrogen (secondary N) is 1. The number of nitrogens with zero attached hydrogens (tertiary/aromatic N) is 1. The normalized spacial score (nSPS) is 20.7. The zero-order valence-electron chi connectivity index (χ0n) is 17.2. The van der Waals surface area contributed by atoms with Crippen LogP contribution in [0.5, 0.6) is 5.75 Å². The van der Waals surface area contributed by atoms with Gasteiger partial charge in [0, 0.05) is 12.1 Å². The van der Waals surface area contributed by atoms with E-state index in [-0.39, 0.29) is 23.3 Å². The monoisotopic (exact) mass is 438 g/mol. The van der Waals surface area contributed by atoms with E-state index in [1.807, 2.05) is 6.07 Å². The molecule has 1 saturated carbocycles. The van der Waals surface area contributed by atoms with E-state index in [4.69, 9.17) is 4.74 Å². The van der Waals surface area contributed by atoms with E-state index in [0.29, 0.717) is 17.7 Å². The van der Waals surface area contributed by atoms with Crippen LogP contribution >= 0.6 is 12.4 Å². The van der Waals surface area contributed by atoms with Crippen molar-refractivity contribution in [1.29, 1.82) is 0 Å². The summed E-state index contributed by atoms with van der Waals surface area (Å²) in [5, 5.41) is 0. The summed E-state index contributed by atoms with van der Waals surface area (Å²) >= 11 is 0. The molecule has 1 fully saturated rings. The molecular weight excluding hydrogens is 408 g/mol. The summed E-state index contributed by atoms with van der Waals surface area (Å²) in [6.07, 6.45) is 3.73. The van der Waals surface area contributed by atoms with Gasteiger partial charge >= 0.3 is 0 Å². The molecule has 1 unspecified atom stereocenters. The van der Waals surface area contributed by atoms with Crippen LogP contribution in [0, 0.1) is 5.92 Å². The summed E-state index contributed by atoms with van der Waals surface area (Å²) in [7, 11) is 2.30. The zero-order valence-corrected chi connectivity index (χ0v) is 18.9. The molecule has 7 heteroatoms. The predicted molar refractivity (Wildman–Crippen MR) is 119 cm³/mol. The molecule has 2 aromatic carbocycles. The molecule has 1 atom stereocenters. The molecule has 0 aliphatic heterocycles. The molecule has 3 rings (SSSR count). The molecule has 2 aromatic rings. The molecule has 0 bridgehead atoms. The van der Waals surface area contributed by atoms with Gasteiger partial charge in [0.25, 0.3) is 0 Å². The molecule has 0 radical (unpaired) electrons. The van der Waals surface area contributed by atoms with Crippen molar-refractivity contribution in [3.05, 3.63) is 60.2 Å². The molecule has 1 N–H and O–H groups in total. The van der Waals surface area contributed by atoms with Crippen LogP contribution in [0.3, 0.4) is 0 Å². The molecule has 5 nitrogen and oxygen atoms in total. The summed E-state index contributed by atoms with van der Waals surface area (Å²) in [5.74, 6) is 1.18. The van der Waals surface area contributed by atoms with Gasteiger partial charge in [0.1, 0.15) is 5.75 Å². The standard InChI is InChI=1S/C22H30N2O3S.ClH/c1-24(2)22(17-7-5-4-6-8-17)18-9-11-19(12-10-18)23-28(25,26)21-15-13-20(27-3)14-16-21;/h4-8,13-16,18-19,22-23H,9-12H2,1-3H3;1H. The first kappa shape index (κ1) is 23.7. The van der Waals surface area contributed by atoms with E-state index >= 15 is 0 Å². The van der Waals surface area contributed by atoms with Gasteiger partial charge in [0.2, 0.25) is 10.0 Å². The molecule has 1 aliphatic carbocycles. The number of rotatable bonds is 7. The minimum atomic E-state index is -3.51. The minimum absolute atomic E-state index is 0. The Labute approximate surface area is 180 Å². The van der Waals surface area contributed by atoms with Crippen LogP contribution in [-0.2, 0) is 10.0 Å². The van der Waals surface area contributed by atoms with Gasteiger partial charge in [-0.05, 0) is 75.5 Å². The van der Waals surface area contributed by atoms with E-state index in [9.17, 15) is 8.42 Å². The Morgan fingerprint density at radius 2 is 1.55 bits per heavy atom. The molecule has 29 heavy (non-hydrogen) atoms. The number of halogens is 1. The fourth-order valence-electron chi connectivity index (χ4n) is 4.24. The second-order valence-corrected chi connectivity index (χ2v) is 9.44. The number of hydrogen-bond acceptors (Lipinski definition) is 4. The average molecular weight is 439 g/mol. The second-order valence-electron chi connectivity index (χ2n) is 7.73. The molecule has 0 saturated heterocycles. The summed E-state index contributed by atoms with van der Waals surface area (Å²) in [6, 6.07) is 17.4. The summed E-state index contributed by atoms with van der Waals surface area (Å²) < 4.78 is 33.4. The fourth-order valence-corrected chi connectivity index (χ4v) is 5.54. The highest BCUT2D eigenvalue weighted by Crippen LogP contribution is 2.37. The highest BCUT2D eigenvalue weighted by atomic mass is 35.5. The number of hydrogen-bond donors (Lipinski definition) is 1. The Kier molecular flexibility index (Phi) is 8.52. The molecule has 0 spiro atoms. The Morgan fingerprint density at radius 1 is 0.966 bits per heavy atom. The Morgan fingerprint density at radius 3 is 2.07 bits per heavy atom. The Bertz CT molecular complexity index is 849. The quantitative estimate of drug-likeness (QED) is 0.701. The molecular formula is C22H31ClN2O3S. The van der Waals surface area contributed by atoms with Gasteiger partial charge in [0.15, 0.2) is 0 Å². The molecule has 0 amide bonds. The lowest BCUT2D eigenvalue weighted by Crippen LogP contribution is -2.39. The average Bonchev–Trinajstić information content (AvgIpc) is 2.70. The van der Waals surface area contributed by atoms with E-state index < -0.39 is 10.0 Å². The van der Waals surface area contributed by atoms with Gasteiger partial charge in [-0.3, -0.25) is 0 Å². The first-order valence-electron chi connectivity index (χ1n) is 9.78. The molecule has 0 aromatic heterocycles. The van der Waals surface area contributed by atoms with Crippen molar-refractivity contribution in [3.8, 4) is 5.75 Å². The van der Waals surface area contributed by atoms with Crippen molar-refractivity contribution < 1.29 is 13.2 Å². The van der Waals surface area contributed by atoms with Crippen molar-refractivity contribution in [3.63, 3.8) is 0 Å². The van der Waals surface area contributed by atoms with Gasteiger partial charge in [-0.15, -0.1) is 12.4 Å². The third kappa shape index (κ3) is 5.95. The minimum Gasteiger partial charge on any atom is -0.497 e. The number of methoxy groups -OCH3 is 1. The lowest BCUT2D eigenvalue weighted by Gasteiger charge is -2.37. The van der Waals surface area contributed by atoms with Crippen molar-refractivity contribution in [2.75, 3.05) is 21.2 Å². The third-order valence-corrected chi connectivity index (χ3v) is 7.14. The SMILES string of the molecule is COc1ccc(S(=O)(=O)NC2CCC(C(c3ccccc3)N(C)C)CC2)cc1.Cl. The lowest BCUT2D eigenvalue weighted by molar-refractivity contribution is 0.161. The first-order chi connectivity index (χ1) is 13.4. The van der Waals surface area contributed by atoms with Crippen LogP contribution in [-0.4, -0.2) is 40.6 Å². The zero-order chi connectivity index (χ0) is 20.1. The summed E-state index contributed by atoms with van der Waals surface area (Å²) in [4.78, 5) is 2.56. The van der Waals surface area contributed by atoms with Crippen LogP contribution in [0.25, 0.3) is 0 Å². The highest BCUT2D eigenvalue weighted by Gasteiger charge is 2.31. The fraction of sp³-hybridized carbons (Fsp3) is 0.455. The van der Waals surface area contributed by atoms with Gasteiger partial charge < -0.3 is 9.64 Å². The van der Waals surface area contributed by atoms with E-state index in [0.717, 1.165) is 25.7 Å². The van der Waals surface area contributed by atoms with Crippen LogP contribution < -0.4 is 9.46 Å². The second kappa shape index (κ2) is 10.4. The summed E-state index contributed by atoms with van der Waals surface area (Å²) in [6.45, 7) is 0. The number of sulfonamides is 1. The third-order valence-electron chi connectivity index (χ3n) is 5.61. The van der Waals surface area contributed by atoms with Crippen LogP contribution in [0.15, 0.2) is 59.5 Å². The van der Waals surface area contributed by atoms with E-state index in [2.05, 4.69) is 48.0 Å². The van der Waals surface area contributed by atoms with Gasteiger partial charge in [0.05, 0.1) is 12.0 Å². The van der Waals surface area contributed by atoms with Crippen LogP contribution in [0.2, 0.25) is 0 Å². The largest absolute Gasteiger partial charge is 0.497 e. The van der Waals surface area contributed by atoms with Gasteiger partial charge in [-0.1, -0.05) is 30.3 Å². The number of benzene rings is 2. The van der Waals surface area contributed by atoms with Crippen molar-refractivity contribution >= 4 is 22.4 Å². The van der Waals surface area contributed by atoms with Crippen molar-refractivity contribution in [2.45, 2.75) is 42.7 Å². The smallest absolute Gasteiger partial charge is 0.240 e. The molecule has 1 aliphatic rings. The molecule has 0 heterocycles. The van der Waals surface area contributed by atoms with Gasteiger partial charge in [-0.2, -0.15) is 0 Å². The maximum atomic E-state index is 12.7. The highest BCUT2D eigenvalue weighted by molar-refractivity contribution is 7.89. The Balaban J connectivity index is 0.00000300. The predicted octanol–water partition coefficient (Wildman–Crippen LogP) is 4.26. The van der Waals surface area contributed by atoms with E-state index in [1.54, 1.807) is 31.4 Å². The maximum Gasteiger partial charge on any atom is 0.240 e. The van der Waals surface area contributed by atoms with E-state index in [1.165, 1.54) is 5.56 Å². The molecule has 160 valence electrons. The number of ether oxygens (including phenoxy) is 1. The van der Waals surface area contributed by atoms with Gasteiger partial charge in [-0.25, -0.2) is 13.1 Å².